The van der Waals surface area contributed by atoms with Crippen LogP contribution in [0.25, 0.3) is 10.3 Å². The molecule has 1 unspecified atom stereocenters. The van der Waals surface area contributed by atoms with Gasteiger partial charge in [-0.3, -0.25) is 9.36 Å². The Morgan fingerprint density at radius 3 is 2.57 bits per heavy atom. The standard InChI is InChI=1S/C10H10F3N3O3S2/c1-4(3-17)16-7(18)5-6(15-8(16)10(11,12)13)20-9(14-5)21(2)19/h4,17H,3H2,1-2H3/t4-,21?/m0/s1. The van der Waals surface area contributed by atoms with E-state index in [1.165, 1.54) is 13.2 Å². The summed E-state index contributed by atoms with van der Waals surface area (Å²) in [6, 6.07) is -1.11. The van der Waals surface area contributed by atoms with Gasteiger partial charge in [0.1, 0.15) is 6.26 Å². The van der Waals surface area contributed by atoms with Gasteiger partial charge in [0.25, 0.3) is 5.56 Å². The zero-order valence-corrected chi connectivity index (χ0v) is 12.5. The van der Waals surface area contributed by atoms with E-state index in [9.17, 15) is 22.5 Å². The first-order chi connectivity index (χ1) is 9.66. The summed E-state index contributed by atoms with van der Waals surface area (Å²) in [6.45, 7) is 0.599. The molecule has 2 aromatic rings. The fourth-order valence-corrected chi connectivity index (χ4v) is 3.27. The Labute approximate surface area is 123 Å². The van der Waals surface area contributed by atoms with Gasteiger partial charge in [0.2, 0.25) is 5.82 Å². The topological polar surface area (TPSA) is 91.1 Å². The average Bonchev–Trinajstić information content (AvgIpc) is 2.81. The maximum absolute atomic E-state index is 13.0. The lowest BCUT2D eigenvalue weighted by atomic mass is 10.3. The molecule has 0 aliphatic rings. The van der Waals surface area contributed by atoms with Crippen LogP contribution in [0.1, 0.15) is 18.8 Å². The molecule has 0 fully saturated rings. The summed E-state index contributed by atoms with van der Waals surface area (Å²) in [6.07, 6.45) is -3.55. The quantitative estimate of drug-likeness (QED) is 0.846. The number of hydrogen-bond donors (Lipinski definition) is 1. The highest BCUT2D eigenvalue weighted by atomic mass is 32.2. The average molecular weight is 341 g/mol. The maximum Gasteiger partial charge on any atom is 0.449 e. The molecule has 2 aromatic heterocycles. The van der Waals surface area contributed by atoms with Gasteiger partial charge in [-0.15, -0.1) is 0 Å². The summed E-state index contributed by atoms with van der Waals surface area (Å²) in [5.74, 6) is -1.40. The van der Waals surface area contributed by atoms with Gasteiger partial charge in [0, 0.05) is 11.2 Å². The van der Waals surface area contributed by atoms with Crippen LogP contribution in [0.5, 0.6) is 0 Å². The third-order valence-electron chi connectivity index (χ3n) is 2.65. The van der Waals surface area contributed by atoms with Crippen LogP contribution in [0.15, 0.2) is 9.13 Å². The van der Waals surface area contributed by atoms with Crippen molar-refractivity contribution in [2.75, 3.05) is 12.9 Å². The lowest BCUT2D eigenvalue weighted by Crippen LogP contribution is -2.33. The number of fused-ring (bicyclic) bond motifs is 1. The van der Waals surface area contributed by atoms with E-state index in [0.717, 1.165) is 0 Å². The van der Waals surface area contributed by atoms with Gasteiger partial charge in [-0.25, -0.2) is 4.98 Å². The highest BCUT2D eigenvalue weighted by Gasteiger charge is 2.39. The summed E-state index contributed by atoms with van der Waals surface area (Å²) in [7, 11) is 0. The third-order valence-corrected chi connectivity index (χ3v) is 4.93. The van der Waals surface area contributed by atoms with Gasteiger partial charge in [-0.2, -0.15) is 18.2 Å². The summed E-state index contributed by atoms with van der Waals surface area (Å²) >= 11 is -0.848. The van der Waals surface area contributed by atoms with Crippen molar-refractivity contribution in [2.45, 2.75) is 23.5 Å². The molecule has 1 N–H and O–H groups in total. The van der Waals surface area contributed by atoms with Crippen LogP contribution >= 0.6 is 11.3 Å². The number of aliphatic hydroxyl groups excluding tert-OH is 1. The van der Waals surface area contributed by atoms with E-state index >= 15 is 0 Å². The van der Waals surface area contributed by atoms with Crippen LogP contribution in [0.2, 0.25) is 0 Å². The monoisotopic (exact) mass is 341 g/mol. The molecule has 2 atom stereocenters. The minimum absolute atomic E-state index is 0.0251. The number of aliphatic hydroxyl groups is 1. The zero-order valence-electron chi connectivity index (χ0n) is 10.8. The van der Waals surface area contributed by atoms with E-state index in [1.807, 2.05) is 0 Å². The number of aromatic nitrogens is 3. The predicted molar refractivity (Wildman–Crippen MR) is 70.8 cm³/mol. The molecular weight excluding hydrogens is 331 g/mol. The second-order valence-electron chi connectivity index (χ2n) is 4.23. The van der Waals surface area contributed by atoms with Crippen molar-refractivity contribution in [1.82, 2.24) is 14.5 Å². The summed E-state index contributed by atoms with van der Waals surface area (Å²) in [5, 5.41) is 9.05. The molecular formula is C10H10F3N3O3S2. The van der Waals surface area contributed by atoms with E-state index < -0.39 is 41.4 Å². The van der Waals surface area contributed by atoms with Gasteiger partial charge in [0.05, 0.1) is 12.6 Å². The molecule has 0 aromatic carbocycles. The Kier molecular flexibility index (Phi) is 4.29. The molecule has 11 heteroatoms. The third kappa shape index (κ3) is 2.91. The lowest BCUT2D eigenvalue weighted by Gasteiger charge is -2.18. The van der Waals surface area contributed by atoms with Crippen molar-refractivity contribution < 1.29 is 22.8 Å². The number of hydrogen-bond acceptors (Lipinski definition) is 6. The summed E-state index contributed by atoms with van der Waals surface area (Å²) in [5.41, 5.74) is -1.29. The van der Waals surface area contributed by atoms with E-state index in [-0.39, 0.29) is 14.7 Å². The van der Waals surface area contributed by atoms with Gasteiger partial charge in [-0.1, -0.05) is 0 Å². The molecule has 0 spiro atoms. The Balaban J connectivity index is 2.85. The van der Waals surface area contributed by atoms with Crippen LogP contribution in [-0.2, 0) is 17.4 Å². The van der Waals surface area contributed by atoms with Gasteiger partial charge in [-0.05, 0) is 18.3 Å². The fraction of sp³-hybridized carbons (Fsp3) is 0.500. The summed E-state index contributed by atoms with van der Waals surface area (Å²) < 4.78 is 50.8. The first-order valence-electron chi connectivity index (χ1n) is 5.61. The second kappa shape index (κ2) is 5.55. The van der Waals surface area contributed by atoms with Crippen LogP contribution in [0, 0.1) is 0 Å². The highest BCUT2D eigenvalue weighted by Crippen LogP contribution is 2.31. The molecule has 0 amide bonds. The minimum atomic E-state index is -4.85. The SMILES string of the molecule is C[C@@H](CO)n1c(C(F)(F)F)nc2sc([S+](C)[O-])nc2c1=O. The number of thiazole rings is 1. The van der Waals surface area contributed by atoms with E-state index in [1.54, 1.807) is 0 Å². The second-order valence-corrected chi connectivity index (χ2v) is 6.76. The molecule has 0 bridgehead atoms. The van der Waals surface area contributed by atoms with Crippen molar-refractivity contribution in [3.63, 3.8) is 0 Å². The molecule has 0 aliphatic carbocycles. The smallest absolute Gasteiger partial charge is 0.449 e. The molecule has 116 valence electrons. The van der Waals surface area contributed by atoms with E-state index in [4.69, 9.17) is 5.11 Å². The van der Waals surface area contributed by atoms with Crippen molar-refractivity contribution >= 4 is 32.9 Å². The molecule has 0 radical (unpaired) electrons. The first-order valence-corrected chi connectivity index (χ1v) is 7.98. The van der Waals surface area contributed by atoms with Crippen LogP contribution < -0.4 is 5.56 Å². The Hall–Kier alpha value is -1.17. The molecule has 2 rings (SSSR count). The maximum atomic E-state index is 13.0. The molecule has 6 nitrogen and oxygen atoms in total. The van der Waals surface area contributed by atoms with Crippen molar-refractivity contribution in [3.05, 3.63) is 16.2 Å². The van der Waals surface area contributed by atoms with Crippen LogP contribution in [0.4, 0.5) is 13.2 Å². The predicted octanol–water partition coefficient (Wildman–Crippen LogP) is 1.16. The zero-order chi connectivity index (χ0) is 15.9. The van der Waals surface area contributed by atoms with Crippen molar-refractivity contribution in [2.24, 2.45) is 0 Å². The molecule has 0 saturated heterocycles. The van der Waals surface area contributed by atoms with E-state index in [2.05, 4.69) is 9.97 Å². The molecule has 21 heavy (non-hydrogen) atoms. The number of rotatable bonds is 3. The molecule has 0 saturated carbocycles. The Morgan fingerprint density at radius 1 is 1.48 bits per heavy atom. The van der Waals surface area contributed by atoms with Crippen molar-refractivity contribution in [1.29, 1.82) is 0 Å². The normalized spacial score (nSPS) is 15.4. The first kappa shape index (κ1) is 16.2. The number of nitrogens with zero attached hydrogens (tertiary/aromatic N) is 3. The van der Waals surface area contributed by atoms with Gasteiger partial charge >= 0.3 is 10.5 Å². The molecule has 2 heterocycles. The fourth-order valence-electron chi connectivity index (χ4n) is 1.68. The largest absolute Gasteiger partial charge is 0.610 e. The number of halogens is 3. The lowest BCUT2D eigenvalue weighted by molar-refractivity contribution is -0.148. The van der Waals surface area contributed by atoms with E-state index in [0.29, 0.717) is 15.9 Å². The van der Waals surface area contributed by atoms with Crippen LogP contribution in [0.3, 0.4) is 0 Å². The highest BCUT2D eigenvalue weighted by molar-refractivity contribution is 7.92. The van der Waals surface area contributed by atoms with Gasteiger partial charge in [0.15, 0.2) is 10.3 Å². The van der Waals surface area contributed by atoms with Gasteiger partial charge < -0.3 is 9.66 Å². The summed E-state index contributed by atoms with van der Waals surface area (Å²) in [4.78, 5) is 19.2. The van der Waals surface area contributed by atoms with Crippen molar-refractivity contribution in [3.8, 4) is 0 Å². The number of alkyl halides is 3. The Bertz CT molecular complexity index is 726. The molecule has 0 aliphatic heterocycles. The Morgan fingerprint density at radius 2 is 2.10 bits per heavy atom. The minimum Gasteiger partial charge on any atom is -0.610 e. The van der Waals surface area contributed by atoms with Crippen LogP contribution in [-0.4, -0.2) is 37.1 Å².